The van der Waals surface area contributed by atoms with Gasteiger partial charge in [-0.3, -0.25) is 4.72 Å². The molecule has 2 rings (SSSR count). The summed E-state index contributed by atoms with van der Waals surface area (Å²) in [7, 11) is -2.17. The number of anilines is 1. The fourth-order valence-corrected chi connectivity index (χ4v) is 3.57. The van der Waals surface area contributed by atoms with E-state index in [0.717, 1.165) is 5.56 Å². The van der Waals surface area contributed by atoms with Crippen LogP contribution in [0.5, 0.6) is 11.5 Å². The van der Waals surface area contributed by atoms with Gasteiger partial charge < -0.3 is 9.47 Å². The Labute approximate surface area is 150 Å². The number of benzene rings is 2. The zero-order chi connectivity index (χ0) is 18.7. The maximum Gasteiger partial charge on any atom is 0.262 e. The topological polar surface area (TPSA) is 64.6 Å². The van der Waals surface area contributed by atoms with Crippen molar-refractivity contribution in [3.05, 3.63) is 48.0 Å². The van der Waals surface area contributed by atoms with Crippen molar-refractivity contribution in [3.8, 4) is 11.5 Å². The van der Waals surface area contributed by atoms with Gasteiger partial charge in [-0.2, -0.15) is 0 Å². The molecule has 136 valence electrons. The van der Waals surface area contributed by atoms with Crippen LogP contribution in [0.3, 0.4) is 0 Å². The van der Waals surface area contributed by atoms with Gasteiger partial charge in [-0.25, -0.2) is 8.42 Å². The van der Waals surface area contributed by atoms with Crippen LogP contribution >= 0.6 is 0 Å². The number of para-hydroxylation sites is 2. The summed E-state index contributed by atoms with van der Waals surface area (Å²) in [5, 5.41) is 0. The fourth-order valence-electron chi connectivity index (χ4n) is 2.48. The Kier molecular flexibility index (Phi) is 5.62. The molecule has 0 aromatic heterocycles. The Morgan fingerprint density at radius 1 is 1.04 bits per heavy atom. The molecule has 5 nitrogen and oxygen atoms in total. The van der Waals surface area contributed by atoms with Crippen molar-refractivity contribution < 1.29 is 17.9 Å². The van der Waals surface area contributed by atoms with Crippen LogP contribution in [0.1, 0.15) is 33.3 Å². The molecule has 25 heavy (non-hydrogen) atoms. The summed E-state index contributed by atoms with van der Waals surface area (Å²) < 4.78 is 39.1. The SMILES string of the molecule is CCOc1ccccc1NS(=O)(=O)c1ccc(OC)c(C(C)(C)C)c1. The number of hydrogen-bond donors (Lipinski definition) is 1. The smallest absolute Gasteiger partial charge is 0.262 e. The predicted octanol–water partition coefficient (Wildman–Crippen LogP) is 4.19. The first-order chi connectivity index (χ1) is 11.7. The highest BCUT2D eigenvalue weighted by Crippen LogP contribution is 2.34. The van der Waals surface area contributed by atoms with Crippen LogP contribution in [0.4, 0.5) is 5.69 Å². The van der Waals surface area contributed by atoms with Crippen LogP contribution in [0.2, 0.25) is 0 Å². The molecular formula is C19H25NO4S. The molecule has 0 amide bonds. The summed E-state index contributed by atoms with van der Waals surface area (Å²) in [6.07, 6.45) is 0. The van der Waals surface area contributed by atoms with E-state index in [9.17, 15) is 8.42 Å². The fraction of sp³-hybridized carbons (Fsp3) is 0.368. The van der Waals surface area contributed by atoms with Crippen molar-refractivity contribution in [2.75, 3.05) is 18.4 Å². The van der Waals surface area contributed by atoms with E-state index in [4.69, 9.17) is 9.47 Å². The van der Waals surface area contributed by atoms with Crippen molar-refractivity contribution in [3.63, 3.8) is 0 Å². The lowest BCUT2D eigenvalue weighted by Gasteiger charge is -2.23. The Morgan fingerprint density at radius 3 is 2.32 bits per heavy atom. The standard InChI is InChI=1S/C19H25NO4S/c1-6-24-18-10-8-7-9-16(18)20-25(21,22)14-11-12-17(23-5)15(13-14)19(2,3)4/h7-13,20H,6H2,1-5H3. The summed E-state index contributed by atoms with van der Waals surface area (Å²) in [6.45, 7) is 8.34. The zero-order valence-corrected chi connectivity index (χ0v) is 16.1. The largest absolute Gasteiger partial charge is 0.496 e. The van der Waals surface area contributed by atoms with Crippen LogP contribution in [0.25, 0.3) is 0 Å². The van der Waals surface area contributed by atoms with Crippen molar-refractivity contribution >= 4 is 15.7 Å². The molecule has 0 saturated carbocycles. The van der Waals surface area contributed by atoms with Crippen LogP contribution in [-0.4, -0.2) is 22.1 Å². The van der Waals surface area contributed by atoms with Gasteiger partial charge in [-0.15, -0.1) is 0 Å². The van der Waals surface area contributed by atoms with Crippen LogP contribution < -0.4 is 14.2 Å². The van der Waals surface area contributed by atoms with Crippen molar-refractivity contribution in [1.82, 2.24) is 0 Å². The van der Waals surface area contributed by atoms with E-state index in [2.05, 4.69) is 4.72 Å². The number of rotatable bonds is 6. The van der Waals surface area contributed by atoms with Crippen LogP contribution in [0.15, 0.2) is 47.4 Å². The van der Waals surface area contributed by atoms with Gasteiger partial charge in [0, 0.05) is 5.56 Å². The molecule has 6 heteroatoms. The van der Waals surface area contributed by atoms with E-state index in [1.165, 1.54) is 0 Å². The molecule has 0 saturated heterocycles. The molecule has 2 aromatic carbocycles. The Hall–Kier alpha value is -2.21. The molecule has 0 bridgehead atoms. The molecule has 0 aliphatic rings. The van der Waals surface area contributed by atoms with Gasteiger partial charge >= 0.3 is 0 Å². The highest BCUT2D eigenvalue weighted by molar-refractivity contribution is 7.92. The second-order valence-electron chi connectivity index (χ2n) is 6.65. The molecule has 0 atom stereocenters. The van der Waals surface area contributed by atoms with Gasteiger partial charge in [-0.1, -0.05) is 32.9 Å². The predicted molar refractivity (Wildman–Crippen MR) is 100 cm³/mol. The van der Waals surface area contributed by atoms with Gasteiger partial charge in [0.25, 0.3) is 10.0 Å². The molecule has 0 fully saturated rings. The van der Waals surface area contributed by atoms with Gasteiger partial charge in [0.2, 0.25) is 0 Å². The Morgan fingerprint density at radius 2 is 1.72 bits per heavy atom. The molecule has 1 N–H and O–H groups in total. The summed E-state index contributed by atoms with van der Waals surface area (Å²) in [4.78, 5) is 0.185. The third-order valence-corrected chi connectivity index (χ3v) is 5.08. The van der Waals surface area contributed by atoms with Crippen LogP contribution in [0, 0.1) is 0 Å². The Balaban J connectivity index is 2.44. The minimum atomic E-state index is -3.75. The monoisotopic (exact) mass is 363 g/mol. The van der Waals surface area contributed by atoms with Gasteiger partial charge in [0.05, 0.1) is 24.3 Å². The number of ether oxygens (including phenoxy) is 2. The molecule has 0 heterocycles. The second kappa shape index (κ2) is 7.35. The van der Waals surface area contributed by atoms with E-state index in [1.54, 1.807) is 49.6 Å². The maximum atomic E-state index is 12.8. The molecule has 0 radical (unpaired) electrons. The summed E-state index contributed by atoms with van der Waals surface area (Å²) >= 11 is 0. The third kappa shape index (κ3) is 4.45. The lowest BCUT2D eigenvalue weighted by Crippen LogP contribution is -2.17. The quantitative estimate of drug-likeness (QED) is 0.836. The molecule has 0 unspecified atom stereocenters. The van der Waals surface area contributed by atoms with E-state index in [-0.39, 0.29) is 10.3 Å². The second-order valence-corrected chi connectivity index (χ2v) is 8.33. The van der Waals surface area contributed by atoms with E-state index in [1.807, 2.05) is 27.7 Å². The molecule has 0 aliphatic carbocycles. The van der Waals surface area contributed by atoms with Crippen molar-refractivity contribution in [1.29, 1.82) is 0 Å². The highest BCUT2D eigenvalue weighted by Gasteiger charge is 2.23. The van der Waals surface area contributed by atoms with E-state index >= 15 is 0 Å². The number of sulfonamides is 1. The number of hydrogen-bond acceptors (Lipinski definition) is 4. The molecule has 2 aromatic rings. The third-order valence-electron chi connectivity index (χ3n) is 3.72. The van der Waals surface area contributed by atoms with Gasteiger partial charge in [-0.05, 0) is 42.7 Å². The normalized spacial score (nSPS) is 11.9. The summed E-state index contributed by atoms with van der Waals surface area (Å²) in [5.41, 5.74) is 0.994. The summed E-state index contributed by atoms with van der Waals surface area (Å²) in [5.74, 6) is 1.17. The molecule has 0 aliphatic heterocycles. The minimum absolute atomic E-state index is 0.185. The first-order valence-corrected chi connectivity index (χ1v) is 9.60. The Bertz CT molecular complexity index is 839. The van der Waals surface area contributed by atoms with Crippen molar-refractivity contribution in [2.45, 2.75) is 38.0 Å². The minimum Gasteiger partial charge on any atom is -0.496 e. The van der Waals surface area contributed by atoms with Crippen molar-refractivity contribution in [2.24, 2.45) is 0 Å². The molecule has 0 spiro atoms. The first kappa shape index (κ1) is 19.1. The van der Waals surface area contributed by atoms with E-state index in [0.29, 0.717) is 23.8 Å². The maximum absolute atomic E-state index is 12.8. The average molecular weight is 363 g/mol. The summed E-state index contributed by atoms with van der Waals surface area (Å²) in [6, 6.07) is 11.9. The molecular weight excluding hydrogens is 338 g/mol. The lowest BCUT2D eigenvalue weighted by atomic mass is 9.86. The van der Waals surface area contributed by atoms with Crippen LogP contribution in [-0.2, 0) is 15.4 Å². The van der Waals surface area contributed by atoms with E-state index < -0.39 is 10.0 Å². The highest BCUT2D eigenvalue weighted by atomic mass is 32.2. The zero-order valence-electron chi connectivity index (χ0n) is 15.3. The number of nitrogens with one attached hydrogen (secondary N) is 1. The number of methoxy groups -OCH3 is 1. The lowest BCUT2D eigenvalue weighted by molar-refractivity contribution is 0.342. The van der Waals surface area contributed by atoms with Gasteiger partial charge in [0.15, 0.2) is 0 Å². The first-order valence-electron chi connectivity index (χ1n) is 8.12. The average Bonchev–Trinajstić information content (AvgIpc) is 2.55. The van der Waals surface area contributed by atoms with Gasteiger partial charge in [0.1, 0.15) is 11.5 Å².